The topological polar surface area (TPSA) is 113 Å². The van der Waals surface area contributed by atoms with E-state index in [-0.39, 0.29) is 16.5 Å². The average molecular weight is 439 g/mol. The van der Waals surface area contributed by atoms with Crippen molar-refractivity contribution in [2.45, 2.75) is 56.9 Å². The summed E-state index contributed by atoms with van der Waals surface area (Å²) in [4.78, 5) is 24.6. The van der Waals surface area contributed by atoms with Gasteiger partial charge in [0.05, 0.1) is 4.90 Å². The van der Waals surface area contributed by atoms with E-state index in [1.165, 1.54) is 10.4 Å². The smallest absolute Gasteiger partial charge is 0.342 e. The first-order valence-electron chi connectivity index (χ1n) is 10.5. The van der Waals surface area contributed by atoms with E-state index in [1.807, 2.05) is 0 Å². The SMILES string of the molecule is C[C@H]1[C@H](C)CCC[C@@H]1NC(=O)COC(=O)c1cc(S(=O)(=O)N2CCCC2)ccc1O. The average Bonchev–Trinajstić information content (AvgIpc) is 3.25. The standard InChI is InChI=1S/C21H30N2O6S/c1-14-6-5-7-18(15(14)2)22-20(25)13-29-21(26)17-12-16(8-9-19(17)24)30(27,28)23-10-3-4-11-23/h8-9,12,14-15,18,24H,3-7,10-11,13H2,1-2H3,(H,22,25)/t14-,15+,18+/m1/s1. The predicted octanol–water partition coefficient (Wildman–Crippen LogP) is 2.27. The number of phenolic OH excluding ortho intramolecular Hbond substituents is 1. The number of amides is 1. The predicted molar refractivity (Wildman–Crippen MR) is 110 cm³/mol. The summed E-state index contributed by atoms with van der Waals surface area (Å²) in [6.45, 7) is 4.64. The lowest BCUT2D eigenvalue weighted by Gasteiger charge is -2.34. The third kappa shape index (κ3) is 4.95. The van der Waals surface area contributed by atoms with Crippen molar-refractivity contribution in [3.05, 3.63) is 23.8 Å². The van der Waals surface area contributed by atoms with Gasteiger partial charge in [0.15, 0.2) is 6.61 Å². The molecule has 3 rings (SSSR count). The number of rotatable bonds is 6. The number of aromatic hydroxyl groups is 1. The van der Waals surface area contributed by atoms with Crippen LogP contribution < -0.4 is 5.32 Å². The first-order chi connectivity index (χ1) is 14.2. The van der Waals surface area contributed by atoms with Gasteiger partial charge in [-0.3, -0.25) is 4.79 Å². The van der Waals surface area contributed by atoms with Gasteiger partial charge in [-0.2, -0.15) is 4.31 Å². The number of nitrogens with one attached hydrogen (secondary N) is 1. The summed E-state index contributed by atoms with van der Waals surface area (Å²) in [7, 11) is -3.74. The molecule has 2 fully saturated rings. The molecule has 1 aliphatic carbocycles. The maximum absolute atomic E-state index is 12.7. The largest absolute Gasteiger partial charge is 0.507 e. The number of carbonyl (C=O) groups excluding carboxylic acids is 2. The fraction of sp³-hybridized carbons (Fsp3) is 0.619. The van der Waals surface area contributed by atoms with E-state index < -0.39 is 34.3 Å². The summed E-state index contributed by atoms with van der Waals surface area (Å²) in [5, 5.41) is 12.9. The van der Waals surface area contributed by atoms with Crippen molar-refractivity contribution in [1.82, 2.24) is 9.62 Å². The van der Waals surface area contributed by atoms with Crippen LogP contribution in [0, 0.1) is 11.8 Å². The highest BCUT2D eigenvalue weighted by Gasteiger charge is 2.30. The third-order valence-electron chi connectivity index (χ3n) is 6.28. The first kappa shape index (κ1) is 22.6. The molecule has 2 N–H and O–H groups in total. The van der Waals surface area contributed by atoms with Crippen LogP contribution in [0.25, 0.3) is 0 Å². The van der Waals surface area contributed by atoms with Crippen LogP contribution in [0.1, 0.15) is 56.3 Å². The van der Waals surface area contributed by atoms with Crippen LogP contribution in [0.3, 0.4) is 0 Å². The number of benzene rings is 1. The Hall–Kier alpha value is -2.13. The second kappa shape index (κ2) is 9.34. The van der Waals surface area contributed by atoms with Gasteiger partial charge in [-0.25, -0.2) is 13.2 Å². The molecule has 1 saturated carbocycles. The Labute approximate surface area is 177 Å². The summed E-state index contributed by atoms with van der Waals surface area (Å²) in [6.07, 6.45) is 4.66. The second-order valence-electron chi connectivity index (χ2n) is 8.31. The molecule has 0 radical (unpaired) electrons. The van der Waals surface area contributed by atoms with E-state index in [9.17, 15) is 23.1 Å². The van der Waals surface area contributed by atoms with Gasteiger partial charge >= 0.3 is 5.97 Å². The number of sulfonamides is 1. The van der Waals surface area contributed by atoms with Gasteiger partial charge in [-0.1, -0.05) is 26.7 Å². The van der Waals surface area contributed by atoms with Crippen LogP contribution in [0.15, 0.2) is 23.1 Å². The number of hydrogen-bond acceptors (Lipinski definition) is 6. The molecule has 30 heavy (non-hydrogen) atoms. The zero-order valence-electron chi connectivity index (χ0n) is 17.5. The maximum Gasteiger partial charge on any atom is 0.342 e. The Morgan fingerprint density at radius 2 is 1.87 bits per heavy atom. The van der Waals surface area contributed by atoms with Crippen molar-refractivity contribution in [1.29, 1.82) is 0 Å². The lowest BCUT2D eigenvalue weighted by molar-refractivity contribution is -0.125. The van der Waals surface area contributed by atoms with Crippen molar-refractivity contribution in [3.63, 3.8) is 0 Å². The molecule has 0 bridgehead atoms. The van der Waals surface area contributed by atoms with Crippen molar-refractivity contribution in [3.8, 4) is 5.75 Å². The molecule has 0 spiro atoms. The number of hydrogen-bond donors (Lipinski definition) is 2. The minimum Gasteiger partial charge on any atom is -0.507 e. The number of carbonyl (C=O) groups is 2. The monoisotopic (exact) mass is 438 g/mol. The summed E-state index contributed by atoms with van der Waals surface area (Å²) >= 11 is 0. The Morgan fingerprint density at radius 1 is 1.17 bits per heavy atom. The Morgan fingerprint density at radius 3 is 2.57 bits per heavy atom. The minimum atomic E-state index is -3.74. The number of esters is 1. The molecule has 1 heterocycles. The van der Waals surface area contributed by atoms with Crippen molar-refractivity contribution in [2.24, 2.45) is 11.8 Å². The third-order valence-corrected chi connectivity index (χ3v) is 8.17. The molecule has 2 aliphatic rings. The van der Waals surface area contributed by atoms with Gasteiger partial charge in [0.25, 0.3) is 5.91 Å². The molecule has 8 nitrogen and oxygen atoms in total. The van der Waals surface area contributed by atoms with Crippen LogP contribution in [0.5, 0.6) is 5.75 Å². The van der Waals surface area contributed by atoms with E-state index in [4.69, 9.17) is 4.74 Å². The van der Waals surface area contributed by atoms with Gasteiger partial charge < -0.3 is 15.2 Å². The molecule has 1 amide bonds. The van der Waals surface area contributed by atoms with Gasteiger partial charge in [0.2, 0.25) is 10.0 Å². The molecule has 166 valence electrons. The number of phenols is 1. The fourth-order valence-electron chi connectivity index (χ4n) is 4.16. The summed E-state index contributed by atoms with van der Waals surface area (Å²) < 4.78 is 31.8. The summed E-state index contributed by atoms with van der Waals surface area (Å²) in [5.74, 6) is -0.880. The first-order valence-corrected chi connectivity index (χ1v) is 11.9. The van der Waals surface area contributed by atoms with Gasteiger partial charge in [0.1, 0.15) is 11.3 Å². The van der Waals surface area contributed by atoms with Crippen LogP contribution in [-0.2, 0) is 19.6 Å². The minimum absolute atomic E-state index is 0.0438. The highest BCUT2D eigenvalue weighted by molar-refractivity contribution is 7.89. The van der Waals surface area contributed by atoms with Gasteiger partial charge in [-0.05, 0) is 49.3 Å². The Kier molecular flexibility index (Phi) is 7.02. The van der Waals surface area contributed by atoms with E-state index in [2.05, 4.69) is 19.2 Å². The van der Waals surface area contributed by atoms with E-state index >= 15 is 0 Å². The molecule has 0 aromatic heterocycles. The highest BCUT2D eigenvalue weighted by Crippen LogP contribution is 2.29. The zero-order valence-corrected chi connectivity index (χ0v) is 18.3. The van der Waals surface area contributed by atoms with E-state index in [0.29, 0.717) is 24.9 Å². The van der Waals surface area contributed by atoms with Crippen molar-refractivity contribution in [2.75, 3.05) is 19.7 Å². The normalized spacial score (nSPS) is 25.1. The molecule has 1 aromatic carbocycles. The highest BCUT2D eigenvalue weighted by atomic mass is 32.2. The fourth-order valence-corrected chi connectivity index (χ4v) is 5.70. The molecule has 1 saturated heterocycles. The van der Waals surface area contributed by atoms with Crippen molar-refractivity contribution >= 4 is 21.9 Å². The maximum atomic E-state index is 12.7. The van der Waals surface area contributed by atoms with Crippen LogP contribution in [-0.4, -0.2) is 55.4 Å². The van der Waals surface area contributed by atoms with E-state index in [0.717, 1.165) is 44.2 Å². The summed E-state index contributed by atoms with van der Waals surface area (Å²) in [5.41, 5.74) is -0.275. The van der Waals surface area contributed by atoms with Crippen LogP contribution in [0.4, 0.5) is 0 Å². The Balaban J connectivity index is 1.63. The molecular weight excluding hydrogens is 408 g/mol. The van der Waals surface area contributed by atoms with Gasteiger partial charge in [-0.15, -0.1) is 0 Å². The molecule has 0 unspecified atom stereocenters. The van der Waals surface area contributed by atoms with Crippen LogP contribution in [0.2, 0.25) is 0 Å². The zero-order chi connectivity index (χ0) is 21.9. The quantitative estimate of drug-likeness (QED) is 0.659. The number of ether oxygens (including phenoxy) is 1. The van der Waals surface area contributed by atoms with Crippen LogP contribution >= 0.6 is 0 Å². The molecule has 1 aromatic rings. The Bertz CT molecular complexity index is 895. The second-order valence-corrected chi connectivity index (χ2v) is 10.2. The number of nitrogens with zero attached hydrogens (tertiary/aromatic N) is 1. The summed E-state index contributed by atoms with van der Waals surface area (Å²) in [6, 6.07) is 3.57. The molecular formula is C21H30N2O6S. The lowest BCUT2D eigenvalue weighted by Crippen LogP contribution is -2.45. The molecule has 1 aliphatic heterocycles. The van der Waals surface area contributed by atoms with Crippen molar-refractivity contribution < 1.29 is 27.9 Å². The van der Waals surface area contributed by atoms with Gasteiger partial charge in [0, 0.05) is 19.1 Å². The van der Waals surface area contributed by atoms with E-state index in [1.54, 1.807) is 0 Å². The molecule has 9 heteroatoms. The molecule has 3 atom stereocenters. The lowest BCUT2D eigenvalue weighted by atomic mass is 9.78.